The highest BCUT2D eigenvalue weighted by Crippen LogP contribution is 2.33. The number of nitrogens with one attached hydrogen (secondary N) is 3. The summed E-state index contributed by atoms with van der Waals surface area (Å²) in [6.45, 7) is 0.0585. The zero-order chi connectivity index (χ0) is 25.1. The van der Waals surface area contributed by atoms with E-state index in [1.807, 2.05) is 48.5 Å². The molecule has 7 nitrogen and oxygen atoms in total. The maximum Gasteiger partial charge on any atom is 0.419 e. The van der Waals surface area contributed by atoms with Crippen molar-refractivity contribution in [1.29, 1.82) is 0 Å². The number of alkyl carbamates (subject to hydrolysis) is 1. The number of ether oxygens (including phenoxy) is 1. The lowest BCUT2D eigenvalue weighted by Crippen LogP contribution is -2.49. The van der Waals surface area contributed by atoms with Gasteiger partial charge in [-0.05, 0) is 23.3 Å². The molecule has 2 amide bonds. The van der Waals surface area contributed by atoms with Crippen LogP contribution in [0, 0.1) is 0 Å². The summed E-state index contributed by atoms with van der Waals surface area (Å²) >= 11 is 0. The van der Waals surface area contributed by atoms with Crippen molar-refractivity contribution in [2.24, 2.45) is 0 Å². The zero-order valence-corrected chi connectivity index (χ0v) is 18.7. The van der Waals surface area contributed by atoms with Gasteiger partial charge in [0.25, 0.3) is 0 Å². The van der Waals surface area contributed by atoms with Crippen LogP contribution in [0.4, 0.5) is 23.8 Å². The molecule has 3 rings (SSSR count). The molecule has 0 bridgehead atoms. The van der Waals surface area contributed by atoms with Gasteiger partial charge in [0.1, 0.15) is 18.5 Å². The maximum absolute atomic E-state index is 13.1. The fraction of sp³-hybridized carbons (Fsp3) is 0.240. The van der Waals surface area contributed by atoms with Crippen LogP contribution >= 0.6 is 0 Å². The molecular formula is C25H25F3N4O3. The monoisotopic (exact) mass is 486 g/mol. The van der Waals surface area contributed by atoms with Gasteiger partial charge in [-0.2, -0.15) is 13.2 Å². The lowest BCUT2D eigenvalue weighted by Gasteiger charge is -2.19. The van der Waals surface area contributed by atoms with Crippen LogP contribution in [-0.4, -0.2) is 36.1 Å². The van der Waals surface area contributed by atoms with Gasteiger partial charge in [0.15, 0.2) is 0 Å². The number of benzene rings is 2. The van der Waals surface area contributed by atoms with Gasteiger partial charge < -0.3 is 20.7 Å². The van der Waals surface area contributed by atoms with Gasteiger partial charge in [-0.3, -0.25) is 4.79 Å². The Morgan fingerprint density at radius 1 is 0.886 bits per heavy atom. The predicted molar refractivity (Wildman–Crippen MR) is 124 cm³/mol. The number of carbonyl (C=O) groups is 2. The third-order valence-corrected chi connectivity index (χ3v) is 4.93. The molecule has 3 N–H and O–H groups in total. The molecule has 0 aliphatic heterocycles. The van der Waals surface area contributed by atoms with Crippen LogP contribution in [0.25, 0.3) is 0 Å². The summed E-state index contributed by atoms with van der Waals surface area (Å²) in [5.74, 6) is -0.818. The molecule has 0 radical (unpaired) electrons. The normalized spacial score (nSPS) is 11.9. The largest absolute Gasteiger partial charge is 0.445 e. The standard InChI is InChI=1S/C25H25F3N4O3/c26-25(27,28)20-12-7-13-29-22(20)30-14-15-31-23(33)21(16-18-8-3-1-4-9-18)32-24(34)35-17-19-10-5-2-6-11-19/h1-13,21H,14-17H2,(H,29,30)(H,31,33)(H,32,34)/t21-/m0/s1. The molecule has 184 valence electrons. The van der Waals surface area contributed by atoms with Gasteiger partial charge in [-0.1, -0.05) is 60.7 Å². The van der Waals surface area contributed by atoms with Gasteiger partial charge in [-0.25, -0.2) is 9.78 Å². The second-order valence-corrected chi connectivity index (χ2v) is 7.56. The Kier molecular flexibility index (Phi) is 9.05. The van der Waals surface area contributed by atoms with E-state index in [1.165, 1.54) is 12.3 Å². The zero-order valence-electron chi connectivity index (χ0n) is 18.7. The number of nitrogens with zero attached hydrogens (tertiary/aromatic N) is 1. The van der Waals surface area contributed by atoms with Crippen molar-refractivity contribution in [2.75, 3.05) is 18.4 Å². The first-order valence-electron chi connectivity index (χ1n) is 10.9. The molecule has 0 aliphatic rings. The minimum atomic E-state index is -4.55. The average Bonchev–Trinajstić information content (AvgIpc) is 2.86. The van der Waals surface area contributed by atoms with Crippen LogP contribution in [0.5, 0.6) is 0 Å². The van der Waals surface area contributed by atoms with Crippen molar-refractivity contribution in [2.45, 2.75) is 25.2 Å². The Balaban J connectivity index is 1.55. The molecule has 1 aromatic heterocycles. The minimum absolute atomic E-state index is 0.00233. The molecule has 0 fully saturated rings. The summed E-state index contributed by atoms with van der Waals surface area (Å²) in [5.41, 5.74) is 0.721. The molecule has 2 aromatic carbocycles. The third kappa shape index (κ3) is 8.33. The Hall–Kier alpha value is -4.08. The summed E-state index contributed by atoms with van der Waals surface area (Å²) in [5, 5.41) is 7.78. The van der Waals surface area contributed by atoms with E-state index in [-0.39, 0.29) is 31.9 Å². The highest BCUT2D eigenvalue weighted by atomic mass is 19.4. The van der Waals surface area contributed by atoms with E-state index < -0.39 is 29.8 Å². The number of alkyl halides is 3. The average molecular weight is 486 g/mol. The van der Waals surface area contributed by atoms with Crippen LogP contribution < -0.4 is 16.0 Å². The fourth-order valence-electron chi connectivity index (χ4n) is 3.23. The quantitative estimate of drug-likeness (QED) is 0.374. The highest BCUT2D eigenvalue weighted by Gasteiger charge is 2.34. The molecular weight excluding hydrogens is 461 g/mol. The smallest absolute Gasteiger partial charge is 0.419 e. The van der Waals surface area contributed by atoms with Crippen molar-refractivity contribution >= 4 is 17.8 Å². The minimum Gasteiger partial charge on any atom is -0.445 e. The first-order chi connectivity index (χ1) is 16.8. The SMILES string of the molecule is O=C(N[C@@H](Cc1ccccc1)C(=O)NCCNc1ncccc1C(F)(F)F)OCc1ccccc1. The van der Waals surface area contributed by atoms with Gasteiger partial charge in [0.2, 0.25) is 5.91 Å². The summed E-state index contributed by atoms with van der Waals surface area (Å²) in [6.07, 6.45) is -3.85. The van der Waals surface area contributed by atoms with Crippen LogP contribution in [0.2, 0.25) is 0 Å². The number of hydrogen-bond donors (Lipinski definition) is 3. The molecule has 0 saturated carbocycles. The maximum atomic E-state index is 13.1. The Morgan fingerprint density at radius 2 is 1.54 bits per heavy atom. The van der Waals surface area contributed by atoms with Crippen LogP contribution in [-0.2, 0) is 28.7 Å². The number of anilines is 1. The molecule has 0 saturated heterocycles. The summed E-state index contributed by atoms with van der Waals surface area (Å²) in [6, 6.07) is 19.4. The molecule has 1 heterocycles. The Morgan fingerprint density at radius 3 is 2.20 bits per heavy atom. The van der Waals surface area contributed by atoms with Crippen molar-refractivity contribution < 1.29 is 27.5 Å². The molecule has 0 spiro atoms. The number of hydrogen-bond acceptors (Lipinski definition) is 5. The van der Waals surface area contributed by atoms with E-state index in [1.54, 1.807) is 12.1 Å². The molecule has 1 atom stereocenters. The van der Waals surface area contributed by atoms with Crippen LogP contribution in [0.1, 0.15) is 16.7 Å². The molecule has 10 heteroatoms. The van der Waals surface area contributed by atoms with Gasteiger partial charge in [0, 0.05) is 25.7 Å². The van der Waals surface area contributed by atoms with Crippen molar-refractivity contribution in [3.05, 3.63) is 95.7 Å². The van der Waals surface area contributed by atoms with E-state index in [2.05, 4.69) is 20.9 Å². The number of rotatable bonds is 10. The van der Waals surface area contributed by atoms with Crippen LogP contribution in [0.15, 0.2) is 79.0 Å². The first-order valence-corrected chi connectivity index (χ1v) is 10.9. The number of halogens is 3. The number of pyridine rings is 1. The van der Waals surface area contributed by atoms with Gasteiger partial charge in [-0.15, -0.1) is 0 Å². The van der Waals surface area contributed by atoms with Crippen LogP contribution in [0.3, 0.4) is 0 Å². The number of aromatic nitrogens is 1. The fourth-order valence-corrected chi connectivity index (χ4v) is 3.23. The molecule has 35 heavy (non-hydrogen) atoms. The van der Waals surface area contributed by atoms with E-state index in [4.69, 9.17) is 4.74 Å². The summed E-state index contributed by atoms with van der Waals surface area (Å²) in [7, 11) is 0. The second-order valence-electron chi connectivity index (χ2n) is 7.56. The third-order valence-electron chi connectivity index (χ3n) is 4.93. The second kappa shape index (κ2) is 12.4. The Bertz CT molecular complexity index is 1100. The lowest BCUT2D eigenvalue weighted by atomic mass is 10.1. The number of amides is 2. The van der Waals surface area contributed by atoms with E-state index >= 15 is 0 Å². The first kappa shape index (κ1) is 25.5. The number of carbonyl (C=O) groups excluding carboxylic acids is 2. The van der Waals surface area contributed by atoms with Crippen molar-refractivity contribution in [3.8, 4) is 0 Å². The predicted octanol–water partition coefficient (Wildman–Crippen LogP) is 4.17. The van der Waals surface area contributed by atoms with Crippen molar-refractivity contribution in [3.63, 3.8) is 0 Å². The Labute approximate surface area is 200 Å². The highest BCUT2D eigenvalue weighted by molar-refractivity contribution is 5.86. The van der Waals surface area contributed by atoms with Gasteiger partial charge >= 0.3 is 12.3 Å². The molecule has 0 unspecified atom stereocenters. The van der Waals surface area contributed by atoms with E-state index in [0.717, 1.165) is 17.2 Å². The van der Waals surface area contributed by atoms with Crippen molar-refractivity contribution in [1.82, 2.24) is 15.6 Å². The lowest BCUT2D eigenvalue weighted by molar-refractivity contribution is -0.137. The van der Waals surface area contributed by atoms with Gasteiger partial charge in [0.05, 0.1) is 5.56 Å². The van der Waals surface area contributed by atoms with E-state index in [0.29, 0.717) is 0 Å². The summed E-state index contributed by atoms with van der Waals surface area (Å²) in [4.78, 5) is 28.8. The molecule has 0 aliphatic carbocycles. The topological polar surface area (TPSA) is 92.4 Å². The molecule has 3 aromatic rings. The van der Waals surface area contributed by atoms with E-state index in [9.17, 15) is 22.8 Å². The summed E-state index contributed by atoms with van der Waals surface area (Å²) < 4.78 is 44.5.